The Morgan fingerprint density at radius 3 is 2.13 bits per heavy atom. The summed E-state index contributed by atoms with van der Waals surface area (Å²) in [6.07, 6.45) is 23.4. The molecule has 0 spiro atoms. The van der Waals surface area contributed by atoms with E-state index in [0.29, 0.717) is 0 Å². The Bertz CT molecular complexity index is 270. The standard InChI is InChI=1S/C20H43B2P/c1-5-6-7-8-9-11-14-17-22-18-15-12-10-13-16-19-23(20(2)3)21(22)4/h20H,5-19H2,1-4H3. The van der Waals surface area contributed by atoms with Crippen LogP contribution in [0.2, 0.25) is 19.5 Å². The lowest BCUT2D eigenvalue weighted by atomic mass is 9.18. The maximum absolute atomic E-state index is 2.62. The Morgan fingerprint density at radius 1 is 0.826 bits per heavy atom. The van der Waals surface area contributed by atoms with E-state index in [9.17, 15) is 0 Å². The molecular weight excluding hydrogens is 293 g/mol. The highest BCUT2D eigenvalue weighted by Crippen LogP contribution is 2.47. The van der Waals surface area contributed by atoms with E-state index in [1.54, 1.807) is 6.16 Å². The molecule has 1 rings (SSSR count). The summed E-state index contributed by atoms with van der Waals surface area (Å²) in [5.41, 5.74) is 0.941. The fourth-order valence-electron chi connectivity index (χ4n) is 4.42. The maximum Gasteiger partial charge on any atom is 0.137 e. The largest absolute Gasteiger partial charge is 0.146 e. The van der Waals surface area contributed by atoms with Gasteiger partial charge >= 0.3 is 0 Å². The Hall–Kier alpha value is 0.560. The zero-order chi connectivity index (χ0) is 16.9. The van der Waals surface area contributed by atoms with Crippen molar-refractivity contribution in [1.29, 1.82) is 0 Å². The highest BCUT2D eigenvalue weighted by molar-refractivity contribution is 7.99. The van der Waals surface area contributed by atoms with Gasteiger partial charge in [0.1, 0.15) is 12.9 Å². The number of hydrogen-bond donors (Lipinski definition) is 0. The molecule has 1 atom stereocenters. The average molecular weight is 336 g/mol. The van der Waals surface area contributed by atoms with Crippen LogP contribution in [0.5, 0.6) is 0 Å². The second-order valence-corrected chi connectivity index (χ2v) is 11.6. The molecule has 23 heavy (non-hydrogen) atoms. The molecule has 0 radical (unpaired) electrons. The third kappa shape index (κ3) is 9.57. The second-order valence-electron chi connectivity index (χ2n) is 8.30. The molecule has 0 amide bonds. The van der Waals surface area contributed by atoms with Crippen LogP contribution in [0, 0.1) is 0 Å². The van der Waals surface area contributed by atoms with Crippen molar-refractivity contribution < 1.29 is 0 Å². The Labute approximate surface area is 150 Å². The summed E-state index contributed by atoms with van der Waals surface area (Å²) in [4.78, 5) is 0. The molecule has 1 fully saturated rings. The van der Waals surface area contributed by atoms with Gasteiger partial charge in [-0.15, -0.1) is 7.80 Å². The summed E-state index contributed by atoms with van der Waals surface area (Å²) < 4.78 is 0. The van der Waals surface area contributed by atoms with Crippen LogP contribution >= 0.6 is 7.80 Å². The Kier molecular flexibility index (Phi) is 13.0. The van der Waals surface area contributed by atoms with E-state index in [4.69, 9.17) is 0 Å². The minimum Gasteiger partial charge on any atom is -0.146 e. The Balaban J connectivity index is 2.37. The summed E-state index contributed by atoms with van der Waals surface area (Å²) in [6.45, 7) is 11.0. The summed E-state index contributed by atoms with van der Waals surface area (Å²) in [6, 6.07) is 0. The van der Waals surface area contributed by atoms with Gasteiger partial charge in [-0.2, -0.15) is 0 Å². The molecule has 0 aromatic heterocycles. The average Bonchev–Trinajstić information content (AvgIpc) is 2.53. The first-order chi connectivity index (χ1) is 11.2. The van der Waals surface area contributed by atoms with Crippen molar-refractivity contribution in [1.82, 2.24) is 0 Å². The monoisotopic (exact) mass is 336 g/mol. The predicted octanol–water partition coefficient (Wildman–Crippen LogP) is 7.79. The highest BCUT2D eigenvalue weighted by atomic mass is 31.1. The molecule has 1 heterocycles. The number of rotatable bonds is 9. The van der Waals surface area contributed by atoms with Gasteiger partial charge in [0, 0.05) is 0 Å². The fourth-order valence-corrected chi connectivity index (χ4v) is 7.72. The second kappa shape index (κ2) is 13.8. The lowest BCUT2D eigenvalue weighted by molar-refractivity contribution is 0.600. The highest BCUT2D eigenvalue weighted by Gasteiger charge is 2.31. The third-order valence-electron chi connectivity index (χ3n) is 6.04. The predicted molar refractivity (Wildman–Crippen MR) is 115 cm³/mol. The third-order valence-corrected chi connectivity index (χ3v) is 9.67. The van der Waals surface area contributed by atoms with Crippen LogP contribution in [0.1, 0.15) is 97.8 Å². The first-order valence-electron chi connectivity index (χ1n) is 10.9. The van der Waals surface area contributed by atoms with Gasteiger partial charge in [0.15, 0.2) is 0 Å². The van der Waals surface area contributed by atoms with Crippen LogP contribution in [0.3, 0.4) is 0 Å². The molecule has 0 bridgehead atoms. The summed E-state index contributed by atoms with van der Waals surface area (Å²) in [5, 5.41) is 0. The quantitative estimate of drug-likeness (QED) is 0.229. The topological polar surface area (TPSA) is 0 Å². The van der Waals surface area contributed by atoms with Crippen molar-refractivity contribution in [3.05, 3.63) is 0 Å². The van der Waals surface area contributed by atoms with Crippen molar-refractivity contribution in [3.63, 3.8) is 0 Å². The minimum absolute atomic E-state index is 0.264. The van der Waals surface area contributed by atoms with Gasteiger partial charge in [-0.05, 0) is 11.8 Å². The van der Waals surface area contributed by atoms with Crippen molar-refractivity contribution >= 4 is 20.7 Å². The van der Waals surface area contributed by atoms with Gasteiger partial charge in [-0.1, -0.05) is 117 Å². The molecule has 0 saturated carbocycles. The van der Waals surface area contributed by atoms with Crippen LogP contribution in [0.25, 0.3) is 0 Å². The molecule has 0 aromatic carbocycles. The van der Waals surface area contributed by atoms with E-state index in [2.05, 4.69) is 27.6 Å². The molecule has 3 heteroatoms. The number of unbranched alkanes of at least 4 members (excludes halogenated alkanes) is 6. The molecule has 1 aliphatic rings. The van der Waals surface area contributed by atoms with Crippen LogP contribution < -0.4 is 0 Å². The van der Waals surface area contributed by atoms with Crippen molar-refractivity contribution in [2.24, 2.45) is 0 Å². The molecule has 0 aromatic rings. The Morgan fingerprint density at radius 2 is 1.43 bits per heavy atom. The molecule has 1 unspecified atom stereocenters. The van der Waals surface area contributed by atoms with Crippen LogP contribution in [0.4, 0.5) is 0 Å². The molecule has 1 saturated heterocycles. The van der Waals surface area contributed by atoms with E-state index < -0.39 is 0 Å². The van der Waals surface area contributed by atoms with Crippen LogP contribution in [-0.4, -0.2) is 24.7 Å². The van der Waals surface area contributed by atoms with Gasteiger partial charge in [0.05, 0.1) is 0 Å². The maximum atomic E-state index is 2.62. The summed E-state index contributed by atoms with van der Waals surface area (Å²) in [5.74, 6) is 0. The minimum atomic E-state index is 0.264. The first-order valence-corrected chi connectivity index (χ1v) is 12.6. The molecule has 0 aliphatic carbocycles. The van der Waals surface area contributed by atoms with E-state index in [0.717, 1.165) is 18.6 Å². The molecule has 0 N–H and O–H groups in total. The molecular formula is C20H43B2P. The van der Waals surface area contributed by atoms with Gasteiger partial charge in [-0.3, -0.25) is 0 Å². The lowest BCUT2D eigenvalue weighted by Crippen LogP contribution is -2.34. The van der Waals surface area contributed by atoms with Gasteiger partial charge in [0.25, 0.3) is 0 Å². The summed E-state index contributed by atoms with van der Waals surface area (Å²) in [7, 11) is 0.264. The van der Waals surface area contributed by atoms with Crippen molar-refractivity contribution in [2.75, 3.05) is 6.16 Å². The first kappa shape index (κ1) is 21.6. The SMILES string of the molecule is CCCCCCCCCB1CCCCCCCP(C(C)C)B1C. The lowest BCUT2D eigenvalue weighted by Gasteiger charge is -2.32. The van der Waals surface area contributed by atoms with Crippen molar-refractivity contribution in [2.45, 2.75) is 123 Å². The van der Waals surface area contributed by atoms with E-state index in [-0.39, 0.29) is 7.80 Å². The zero-order valence-corrected chi connectivity index (χ0v) is 17.7. The molecule has 134 valence electrons. The number of hydrogen-bond acceptors (Lipinski definition) is 0. The van der Waals surface area contributed by atoms with E-state index in [1.165, 1.54) is 89.7 Å². The molecule has 1 aliphatic heterocycles. The molecule has 0 nitrogen and oxygen atoms in total. The smallest absolute Gasteiger partial charge is 0.137 e. The van der Waals surface area contributed by atoms with Crippen molar-refractivity contribution in [3.8, 4) is 0 Å². The normalized spacial score (nSPS) is 21.0. The van der Waals surface area contributed by atoms with Gasteiger partial charge in [-0.25, -0.2) is 0 Å². The van der Waals surface area contributed by atoms with E-state index in [1.807, 2.05) is 0 Å². The van der Waals surface area contributed by atoms with Crippen LogP contribution in [-0.2, 0) is 0 Å². The summed E-state index contributed by atoms with van der Waals surface area (Å²) >= 11 is 0. The van der Waals surface area contributed by atoms with Gasteiger partial charge < -0.3 is 0 Å². The van der Waals surface area contributed by atoms with Crippen LogP contribution in [0.15, 0.2) is 0 Å². The fraction of sp³-hybridized carbons (Fsp3) is 1.00. The zero-order valence-electron chi connectivity index (χ0n) is 16.8. The van der Waals surface area contributed by atoms with E-state index >= 15 is 0 Å². The van der Waals surface area contributed by atoms with Gasteiger partial charge in [0.2, 0.25) is 0 Å².